The summed E-state index contributed by atoms with van der Waals surface area (Å²) >= 11 is 0. The lowest BCUT2D eigenvalue weighted by Crippen LogP contribution is -2.49. The van der Waals surface area contributed by atoms with E-state index in [1.807, 2.05) is 6.07 Å². The second-order valence-corrected chi connectivity index (χ2v) is 20.4. The van der Waals surface area contributed by atoms with E-state index in [1.165, 1.54) is 0 Å². The maximum Gasteiger partial charge on any atom is 0.223 e. The fraction of sp³-hybridized carbons (Fsp3) is 0.806. The summed E-state index contributed by atoms with van der Waals surface area (Å²) in [6.45, 7) is 22.8. The molecular weight excluding hydrogens is 611 g/mol. The molecular formula is C36H65N5O5Si. The summed E-state index contributed by atoms with van der Waals surface area (Å²) in [4.78, 5) is 19.4. The first-order valence-corrected chi connectivity index (χ1v) is 20.4. The first-order chi connectivity index (χ1) is 22.0. The van der Waals surface area contributed by atoms with Crippen molar-refractivity contribution in [1.82, 2.24) is 10.2 Å². The van der Waals surface area contributed by atoms with E-state index in [0.717, 1.165) is 37.9 Å². The third kappa shape index (κ3) is 12.9. The van der Waals surface area contributed by atoms with Gasteiger partial charge in [-0.15, -0.1) is 0 Å². The summed E-state index contributed by atoms with van der Waals surface area (Å²) in [5, 5.41) is 7.71. The quantitative estimate of drug-likeness (QED) is 0.0494. The Bertz CT molecular complexity index is 1150. The van der Waals surface area contributed by atoms with Crippen molar-refractivity contribution in [3.05, 3.63) is 34.2 Å². The van der Waals surface area contributed by atoms with E-state index in [2.05, 4.69) is 101 Å². The van der Waals surface area contributed by atoms with Crippen molar-refractivity contribution in [2.75, 3.05) is 47.6 Å². The van der Waals surface area contributed by atoms with Crippen molar-refractivity contribution in [3.8, 4) is 11.5 Å². The highest BCUT2D eigenvalue weighted by atomic mass is 28.4. The number of rotatable bonds is 20. The number of ether oxygens (including phenoxy) is 3. The van der Waals surface area contributed by atoms with Crippen LogP contribution in [0.15, 0.2) is 23.3 Å². The van der Waals surface area contributed by atoms with Gasteiger partial charge in [0.1, 0.15) is 0 Å². The largest absolute Gasteiger partial charge is 0.493 e. The van der Waals surface area contributed by atoms with Gasteiger partial charge in [-0.2, -0.15) is 0 Å². The molecule has 11 heteroatoms. The van der Waals surface area contributed by atoms with Crippen LogP contribution in [0.5, 0.6) is 11.5 Å². The van der Waals surface area contributed by atoms with Gasteiger partial charge in [-0.3, -0.25) is 4.79 Å². The zero-order valence-electron chi connectivity index (χ0n) is 31.5. The molecule has 1 N–H and O–H groups in total. The molecule has 1 aromatic rings. The van der Waals surface area contributed by atoms with Crippen molar-refractivity contribution >= 4 is 14.2 Å². The Morgan fingerprint density at radius 2 is 1.81 bits per heavy atom. The number of nitrogens with one attached hydrogen (secondary N) is 1. The Balaban J connectivity index is 2.41. The summed E-state index contributed by atoms with van der Waals surface area (Å²) in [5.41, 5.74) is 11.0. The molecule has 0 unspecified atom stereocenters. The van der Waals surface area contributed by atoms with Crippen LogP contribution in [0.2, 0.25) is 18.1 Å². The molecule has 2 rings (SSSR count). The Morgan fingerprint density at radius 1 is 1.11 bits per heavy atom. The number of amides is 1. The number of hydrogen-bond donors (Lipinski definition) is 1. The molecule has 0 radical (unpaired) electrons. The molecule has 1 fully saturated rings. The van der Waals surface area contributed by atoms with Crippen LogP contribution >= 0.6 is 0 Å². The minimum atomic E-state index is -2.29. The van der Waals surface area contributed by atoms with E-state index in [9.17, 15) is 10.3 Å². The van der Waals surface area contributed by atoms with Crippen molar-refractivity contribution in [2.45, 2.75) is 117 Å². The van der Waals surface area contributed by atoms with Crippen molar-refractivity contribution in [1.29, 1.82) is 0 Å². The second kappa shape index (κ2) is 19.0. The fourth-order valence-corrected chi connectivity index (χ4v) is 7.39. The molecule has 0 bridgehead atoms. The number of nitrogens with zero attached hydrogens (tertiary/aromatic N) is 4. The van der Waals surface area contributed by atoms with Crippen LogP contribution in [0.3, 0.4) is 0 Å². The van der Waals surface area contributed by atoms with Crippen LogP contribution in [-0.2, 0) is 20.4 Å². The SMILES string of the molecule is COCCCOc1cc(C[C@@H](C[C@H](N=[N+]=[N-])[C@H](C[C@H](C(=O)N[C@@H]2CCN(C)C2)C(C)C)O[Si](C)(C)C(C)(C)C)C(C)C)ccc1OC. The van der Waals surface area contributed by atoms with Crippen LogP contribution < -0.4 is 14.8 Å². The highest BCUT2D eigenvalue weighted by Gasteiger charge is 2.43. The van der Waals surface area contributed by atoms with Crippen LogP contribution in [0.1, 0.15) is 79.7 Å². The minimum Gasteiger partial charge on any atom is -0.493 e. The van der Waals surface area contributed by atoms with E-state index < -0.39 is 14.4 Å². The molecule has 1 saturated heterocycles. The Hall–Kier alpha value is -2.30. The van der Waals surface area contributed by atoms with Gasteiger partial charge in [-0.1, -0.05) is 59.6 Å². The van der Waals surface area contributed by atoms with E-state index >= 15 is 0 Å². The van der Waals surface area contributed by atoms with E-state index in [4.69, 9.17) is 18.6 Å². The molecule has 1 aliphatic heterocycles. The van der Waals surface area contributed by atoms with Gasteiger partial charge < -0.3 is 28.9 Å². The number of azide groups is 1. The van der Waals surface area contributed by atoms with Crippen LogP contribution in [0, 0.1) is 23.7 Å². The van der Waals surface area contributed by atoms with E-state index in [1.54, 1.807) is 14.2 Å². The van der Waals surface area contributed by atoms with Gasteiger partial charge in [0.15, 0.2) is 19.8 Å². The Kier molecular flexibility index (Phi) is 16.5. The Morgan fingerprint density at radius 3 is 2.34 bits per heavy atom. The fourth-order valence-electron chi connectivity index (χ4n) is 6.02. The van der Waals surface area contributed by atoms with Gasteiger partial charge in [-0.05, 0) is 98.4 Å². The van der Waals surface area contributed by atoms with Gasteiger partial charge in [0.25, 0.3) is 0 Å². The van der Waals surface area contributed by atoms with Crippen LogP contribution in [0.4, 0.5) is 0 Å². The molecule has 0 aliphatic carbocycles. The highest BCUT2D eigenvalue weighted by Crippen LogP contribution is 2.40. The van der Waals surface area contributed by atoms with Gasteiger partial charge >= 0.3 is 0 Å². The molecule has 47 heavy (non-hydrogen) atoms. The normalized spacial score (nSPS) is 18.5. The summed E-state index contributed by atoms with van der Waals surface area (Å²) < 4.78 is 23.9. The number of carbonyl (C=O) groups excluding carboxylic acids is 1. The second-order valence-electron chi connectivity index (χ2n) is 15.7. The predicted octanol–water partition coefficient (Wildman–Crippen LogP) is 7.87. The molecule has 268 valence electrons. The average Bonchev–Trinajstić information content (AvgIpc) is 3.39. The third-order valence-corrected chi connectivity index (χ3v) is 14.7. The molecule has 0 spiro atoms. The number of hydrogen-bond acceptors (Lipinski definition) is 7. The zero-order valence-corrected chi connectivity index (χ0v) is 32.5. The maximum atomic E-state index is 13.8. The summed E-state index contributed by atoms with van der Waals surface area (Å²) in [7, 11) is 3.14. The first kappa shape index (κ1) is 40.9. The standard InChI is InChI=1S/C36H65N5O5Si/c1-25(2)28(20-27-14-15-32(44-10)34(21-27)45-19-13-18-43-9)22-31(39-40-37)33(46-47(11,12)36(5,6)7)23-30(26(3)4)35(42)38-29-16-17-41(8)24-29/h14-15,21,25-26,28-31,33H,13,16-20,22-24H2,1-12H3,(H,38,42)/t28-,29+,30-,31-,33-/m0/s1. The predicted molar refractivity (Wildman–Crippen MR) is 194 cm³/mol. The van der Waals surface area contributed by atoms with E-state index in [-0.39, 0.29) is 40.8 Å². The average molecular weight is 676 g/mol. The summed E-state index contributed by atoms with van der Waals surface area (Å²) in [5.74, 6) is 1.85. The number of likely N-dealkylation sites (tertiary alicyclic amines) is 1. The number of benzene rings is 1. The molecule has 10 nitrogen and oxygen atoms in total. The van der Waals surface area contributed by atoms with Gasteiger partial charge in [-0.25, -0.2) is 0 Å². The van der Waals surface area contributed by atoms with Crippen molar-refractivity contribution < 1.29 is 23.4 Å². The smallest absolute Gasteiger partial charge is 0.223 e. The molecule has 1 aliphatic rings. The lowest BCUT2D eigenvalue weighted by atomic mass is 9.80. The Labute approximate surface area is 286 Å². The lowest BCUT2D eigenvalue weighted by molar-refractivity contribution is -0.128. The maximum absolute atomic E-state index is 13.8. The minimum absolute atomic E-state index is 0.0453. The van der Waals surface area contributed by atoms with Crippen molar-refractivity contribution in [3.63, 3.8) is 0 Å². The van der Waals surface area contributed by atoms with E-state index in [0.29, 0.717) is 43.5 Å². The van der Waals surface area contributed by atoms with Gasteiger partial charge in [0.2, 0.25) is 5.91 Å². The number of methoxy groups -OCH3 is 2. The first-order valence-electron chi connectivity index (χ1n) is 17.5. The van der Waals surface area contributed by atoms with Crippen LogP contribution in [0.25, 0.3) is 10.4 Å². The topological polar surface area (TPSA) is 118 Å². The zero-order chi connectivity index (χ0) is 35.4. The van der Waals surface area contributed by atoms with Crippen molar-refractivity contribution in [2.24, 2.45) is 28.8 Å². The monoisotopic (exact) mass is 675 g/mol. The van der Waals surface area contributed by atoms with Crippen LogP contribution in [-0.4, -0.2) is 84.9 Å². The van der Waals surface area contributed by atoms with Gasteiger partial charge in [0, 0.05) is 43.6 Å². The third-order valence-electron chi connectivity index (χ3n) is 10.2. The highest BCUT2D eigenvalue weighted by molar-refractivity contribution is 6.74. The molecule has 1 aromatic carbocycles. The molecule has 1 amide bonds. The number of carbonyl (C=O) groups is 1. The molecule has 1 heterocycles. The molecule has 0 saturated carbocycles. The molecule has 0 aromatic heterocycles. The molecule has 5 atom stereocenters. The summed E-state index contributed by atoms with van der Waals surface area (Å²) in [6.07, 6.45) is 3.30. The number of likely N-dealkylation sites (N-methyl/N-ethyl adjacent to an activating group) is 1. The lowest BCUT2D eigenvalue weighted by Gasteiger charge is -2.42. The summed E-state index contributed by atoms with van der Waals surface area (Å²) in [6, 6.07) is 5.84. The van der Waals surface area contributed by atoms with Gasteiger partial charge in [0.05, 0.1) is 25.9 Å².